The van der Waals surface area contributed by atoms with Crippen molar-refractivity contribution >= 4 is 21.7 Å². The predicted octanol–water partition coefficient (Wildman–Crippen LogP) is 11.1. The summed E-state index contributed by atoms with van der Waals surface area (Å²) in [5.41, 5.74) is 11.2. The average molecular weight is 561 g/mol. The topological polar surface area (TPSA) is 25.8 Å². The first-order chi connectivity index (χ1) is 21.8. The number of hydrogen-bond acceptors (Lipinski definition) is 2. The third-order valence-corrected chi connectivity index (χ3v) is 8.28. The molecule has 0 unspecified atom stereocenters. The second-order valence-corrected chi connectivity index (χ2v) is 11.0. The molecule has 206 valence electrons. The molecule has 2 nitrogen and oxygen atoms in total. The minimum atomic E-state index is 0.728. The second-order valence-electron chi connectivity index (χ2n) is 11.0. The molecule has 44 heavy (non-hydrogen) atoms. The molecule has 0 fully saturated rings. The summed E-state index contributed by atoms with van der Waals surface area (Å²) in [7, 11) is 0. The van der Waals surface area contributed by atoms with Gasteiger partial charge in [0.2, 0.25) is 0 Å². The van der Waals surface area contributed by atoms with E-state index in [0.717, 1.165) is 44.5 Å². The van der Waals surface area contributed by atoms with E-state index in [0.29, 0.717) is 0 Å². The Hall–Kier alpha value is -5.86. The maximum Gasteiger partial charge on any atom is 0.160 e. The Kier molecular flexibility index (Phi) is 6.51. The van der Waals surface area contributed by atoms with E-state index >= 15 is 0 Å². The fourth-order valence-corrected chi connectivity index (χ4v) is 6.01. The van der Waals surface area contributed by atoms with Gasteiger partial charge < -0.3 is 0 Å². The van der Waals surface area contributed by atoms with Crippen molar-refractivity contribution in [2.24, 2.45) is 0 Å². The van der Waals surface area contributed by atoms with Gasteiger partial charge >= 0.3 is 0 Å². The van der Waals surface area contributed by atoms with Gasteiger partial charge in [0.15, 0.2) is 5.82 Å². The minimum absolute atomic E-state index is 0.728. The average Bonchev–Trinajstić information content (AvgIpc) is 3.12. The van der Waals surface area contributed by atoms with Crippen molar-refractivity contribution in [1.82, 2.24) is 9.97 Å². The van der Waals surface area contributed by atoms with E-state index < -0.39 is 0 Å². The monoisotopic (exact) mass is 560 g/mol. The van der Waals surface area contributed by atoms with Crippen LogP contribution in [-0.2, 0) is 0 Å². The van der Waals surface area contributed by atoms with E-state index in [9.17, 15) is 0 Å². The lowest BCUT2D eigenvalue weighted by Crippen LogP contribution is -1.96. The summed E-state index contributed by atoms with van der Waals surface area (Å²) in [4.78, 5) is 10.3. The zero-order chi connectivity index (χ0) is 29.3. The van der Waals surface area contributed by atoms with Gasteiger partial charge in [0.1, 0.15) is 0 Å². The molecular weight excluding hydrogens is 532 g/mol. The van der Waals surface area contributed by atoms with Crippen molar-refractivity contribution in [3.05, 3.63) is 170 Å². The Morgan fingerprint density at radius 2 is 0.795 bits per heavy atom. The molecule has 0 radical (unpaired) electrons. The standard InChI is InChI=1S/C42H28N2/c1-3-11-29(12-4-1)34-16-9-18-36(27-34)37-19-10-17-35(28-37)30-21-23-33(24-22-30)42-43-40(32-14-5-2-6-15-32)39-26-25-31-13-7-8-20-38(31)41(39)44-42/h1-28H. The van der Waals surface area contributed by atoms with E-state index in [1.807, 2.05) is 6.07 Å². The normalized spacial score (nSPS) is 11.2. The van der Waals surface area contributed by atoms with Gasteiger partial charge in [-0.05, 0) is 57.0 Å². The van der Waals surface area contributed by atoms with Crippen LogP contribution in [0.1, 0.15) is 0 Å². The summed E-state index contributed by atoms with van der Waals surface area (Å²) in [5.74, 6) is 0.728. The van der Waals surface area contributed by atoms with Gasteiger partial charge in [-0.3, -0.25) is 0 Å². The summed E-state index contributed by atoms with van der Waals surface area (Å²) in [6.07, 6.45) is 0. The summed E-state index contributed by atoms with van der Waals surface area (Å²) in [6, 6.07) is 59.8. The van der Waals surface area contributed by atoms with Crippen LogP contribution >= 0.6 is 0 Å². The first-order valence-corrected chi connectivity index (χ1v) is 14.9. The van der Waals surface area contributed by atoms with Crippen LogP contribution < -0.4 is 0 Å². The smallest absolute Gasteiger partial charge is 0.160 e. The highest BCUT2D eigenvalue weighted by atomic mass is 14.9. The molecule has 0 N–H and O–H groups in total. The van der Waals surface area contributed by atoms with E-state index in [4.69, 9.17) is 9.97 Å². The van der Waals surface area contributed by atoms with Crippen molar-refractivity contribution in [3.63, 3.8) is 0 Å². The van der Waals surface area contributed by atoms with Gasteiger partial charge in [-0.1, -0.05) is 152 Å². The van der Waals surface area contributed by atoms with Crippen LogP contribution in [-0.4, -0.2) is 9.97 Å². The van der Waals surface area contributed by atoms with Crippen LogP contribution in [0.5, 0.6) is 0 Å². The molecule has 0 saturated heterocycles. The highest BCUT2D eigenvalue weighted by Gasteiger charge is 2.14. The third kappa shape index (κ3) is 4.83. The fraction of sp³-hybridized carbons (Fsp3) is 0. The van der Waals surface area contributed by atoms with Gasteiger partial charge in [0.05, 0.1) is 11.2 Å². The molecule has 0 aliphatic rings. The summed E-state index contributed by atoms with van der Waals surface area (Å²) >= 11 is 0. The third-order valence-electron chi connectivity index (χ3n) is 8.28. The van der Waals surface area contributed by atoms with Gasteiger partial charge in [-0.25, -0.2) is 9.97 Å². The molecule has 0 amide bonds. The number of aromatic nitrogens is 2. The van der Waals surface area contributed by atoms with Gasteiger partial charge in [0.25, 0.3) is 0 Å². The molecular formula is C42H28N2. The molecule has 1 aromatic heterocycles. The molecule has 8 aromatic rings. The van der Waals surface area contributed by atoms with Crippen LogP contribution in [0.25, 0.3) is 77.7 Å². The summed E-state index contributed by atoms with van der Waals surface area (Å²) in [5, 5.41) is 3.37. The zero-order valence-corrected chi connectivity index (χ0v) is 24.1. The number of fused-ring (bicyclic) bond motifs is 3. The van der Waals surface area contributed by atoms with Crippen molar-refractivity contribution in [1.29, 1.82) is 0 Å². The van der Waals surface area contributed by atoms with Crippen molar-refractivity contribution in [3.8, 4) is 56.0 Å². The predicted molar refractivity (Wildman–Crippen MR) is 184 cm³/mol. The van der Waals surface area contributed by atoms with Gasteiger partial charge in [-0.15, -0.1) is 0 Å². The van der Waals surface area contributed by atoms with E-state index in [-0.39, 0.29) is 0 Å². The molecule has 0 aliphatic carbocycles. The lowest BCUT2D eigenvalue weighted by Gasteiger charge is -2.12. The summed E-state index contributed by atoms with van der Waals surface area (Å²) in [6.45, 7) is 0. The molecule has 0 spiro atoms. The summed E-state index contributed by atoms with van der Waals surface area (Å²) < 4.78 is 0. The molecule has 8 rings (SSSR count). The first-order valence-electron chi connectivity index (χ1n) is 14.9. The molecule has 2 heteroatoms. The number of rotatable bonds is 5. The van der Waals surface area contributed by atoms with Crippen molar-refractivity contribution in [2.45, 2.75) is 0 Å². The molecule has 0 bridgehead atoms. The largest absolute Gasteiger partial charge is 0.227 e. The minimum Gasteiger partial charge on any atom is -0.227 e. The Morgan fingerprint density at radius 3 is 1.45 bits per heavy atom. The zero-order valence-electron chi connectivity index (χ0n) is 24.1. The lowest BCUT2D eigenvalue weighted by atomic mass is 9.96. The van der Waals surface area contributed by atoms with Crippen LogP contribution in [0.15, 0.2) is 170 Å². The van der Waals surface area contributed by atoms with Crippen molar-refractivity contribution in [2.75, 3.05) is 0 Å². The quantitative estimate of drug-likeness (QED) is 0.196. The maximum absolute atomic E-state index is 5.14. The Morgan fingerprint density at radius 1 is 0.295 bits per heavy atom. The lowest BCUT2D eigenvalue weighted by molar-refractivity contribution is 1.23. The molecule has 1 heterocycles. The van der Waals surface area contributed by atoms with Crippen LogP contribution in [0.3, 0.4) is 0 Å². The molecule has 0 atom stereocenters. The number of hydrogen-bond donors (Lipinski definition) is 0. The van der Waals surface area contributed by atoms with Crippen LogP contribution in [0.2, 0.25) is 0 Å². The first kappa shape index (κ1) is 25.8. The Labute approximate surface area is 257 Å². The second kappa shape index (κ2) is 11.1. The van der Waals surface area contributed by atoms with Gasteiger partial charge in [0, 0.05) is 21.9 Å². The van der Waals surface area contributed by atoms with E-state index in [1.165, 1.54) is 33.2 Å². The fourth-order valence-electron chi connectivity index (χ4n) is 6.01. The van der Waals surface area contributed by atoms with Crippen LogP contribution in [0, 0.1) is 0 Å². The molecule has 7 aromatic carbocycles. The van der Waals surface area contributed by atoms with E-state index in [1.54, 1.807) is 0 Å². The van der Waals surface area contributed by atoms with Crippen LogP contribution in [0.4, 0.5) is 0 Å². The van der Waals surface area contributed by atoms with Crippen molar-refractivity contribution < 1.29 is 0 Å². The maximum atomic E-state index is 5.14. The Bertz CT molecular complexity index is 2250. The highest BCUT2D eigenvalue weighted by molar-refractivity contribution is 6.09. The molecule has 0 aliphatic heterocycles. The van der Waals surface area contributed by atoms with E-state index in [2.05, 4.69) is 164 Å². The molecule has 0 saturated carbocycles. The van der Waals surface area contributed by atoms with Gasteiger partial charge in [-0.2, -0.15) is 0 Å². The number of benzene rings is 7. The SMILES string of the molecule is c1ccc(-c2cccc(-c3cccc(-c4ccc(-c5nc(-c6ccccc6)c6ccc7ccccc7c6n5)cc4)c3)c2)cc1. The Balaban J connectivity index is 1.18. The number of nitrogens with zero attached hydrogens (tertiary/aromatic N) is 2. The highest BCUT2D eigenvalue weighted by Crippen LogP contribution is 2.34.